The molecule has 0 aromatic heterocycles. The van der Waals surface area contributed by atoms with E-state index in [4.69, 9.17) is 17.3 Å². The number of hydrogen-bond acceptors (Lipinski definition) is 4. The first-order valence-corrected chi connectivity index (χ1v) is 9.66. The molecule has 0 aliphatic carbocycles. The third-order valence-electron chi connectivity index (χ3n) is 5.27. The summed E-state index contributed by atoms with van der Waals surface area (Å²) in [6.45, 7) is 3.84. The second-order valence-corrected chi connectivity index (χ2v) is 7.60. The number of halogens is 1. The standard InChI is InChI=1S/C19H25ClN4O3/c20-16-5-1-3-14(11-16)19(27)23-9-7-22(8-10-23)13-17(25)24-6-2-4-15(12-24)18(21)26/h1,3,5,11,15H,2,4,6-10,12-13H2,(H2,21,26). The maximum atomic E-state index is 12.6. The first-order valence-electron chi connectivity index (χ1n) is 9.28. The van der Waals surface area contributed by atoms with Crippen LogP contribution in [-0.4, -0.2) is 78.2 Å². The van der Waals surface area contributed by atoms with Crippen molar-refractivity contribution in [3.63, 3.8) is 0 Å². The number of carbonyl (C=O) groups excluding carboxylic acids is 3. The van der Waals surface area contributed by atoms with Gasteiger partial charge < -0.3 is 15.5 Å². The van der Waals surface area contributed by atoms with Gasteiger partial charge in [0.1, 0.15) is 0 Å². The molecular weight excluding hydrogens is 368 g/mol. The van der Waals surface area contributed by atoms with Crippen LogP contribution in [0.1, 0.15) is 23.2 Å². The highest BCUT2D eigenvalue weighted by atomic mass is 35.5. The molecule has 3 rings (SSSR count). The van der Waals surface area contributed by atoms with Gasteiger partial charge >= 0.3 is 0 Å². The minimum Gasteiger partial charge on any atom is -0.369 e. The molecule has 2 fully saturated rings. The molecule has 1 atom stereocenters. The number of nitrogens with zero attached hydrogens (tertiary/aromatic N) is 3. The first-order chi connectivity index (χ1) is 12.9. The summed E-state index contributed by atoms with van der Waals surface area (Å²) in [5, 5.41) is 0.542. The lowest BCUT2D eigenvalue weighted by Crippen LogP contribution is -2.53. The van der Waals surface area contributed by atoms with Gasteiger partial charge in [0.15, 0.2) is 0 Å². The summed E-state index contributed by atoms with van der Waals surface area (Å²) in [4.78, 5) is 42.1. The zero-order valence-corrected chi connectivity index (χ0v) is 16.0. The predicted molar refractivity (Wildman–Crippen MR) is 102 cm³/mol. The van der Waals surface area contributed by atoms with Gasteiger partial charge in [-0.2, -0.15) is 0 Å². The van der Waals surface area contributed by atoms with E-state index in [1.165, 1.54) is 0 Å². The number of piperidine rings is 1. The molecule has 2 heterocycles. The molecule has 2 aliphatic heterocycles. The molecule has 8 heteroatoms. The Hall–Kier alpha value is -2.12. The molecule has 2 saturated heterocycles. The molecule has 27 heavy (non-hydrogen) atoms. The second-order valence-electron chi connectivity index (χ2n) is 7.16. The number of amides is 3. The number of primary amides is 1. The lowest BCUT2D eigenvalue weighted by atomic mass is 9.97. The maximum absolute atomic E-state index is 12.6. The average Bonchev–Trinajstić information content (AvgIpc) is 2.68. The van der Waals surface area contributed by atoms with Crippen LogP contribution in [0.2, 0.25) is 5.02 Å². The van der Waals surface area contributed by atoms with E-state index in [-0.39, 0.29) is 23.6 Å². The third-order valence-corrected chi connectivity index (χ3v) is 5.50. The predicted octanol–water partition coefficient (Wildman–Crippen LogP) is 0.822. The Labute approximate surface area is 164 Å². The molecule has 0 bridgehead atoms. The summed E-state index contributed by atoms with van der Waals surface area (Å²) in [6, 6.07) is 6.94. The van der Waals surface area contributed by atoms with Gasteiger partial charge in [-0.1, -0.05) is 17.7 Å². The fraction of sp³-hybridized carbons (Fsp3) is 0.526. The number of rotatable bonds is 4. The number of hydrogen-bond donors (Lipinski definition) is 1. The molecule has 1 unspecified atom stereocenters. The first kappa shape index (κ1) is 19.6. The highest BCUT2D eigenvalue weighted by Crippen LogP contribution is 2.17. The Morgan fingerprint density at radius 2 is 1.81 bits per heavy atom. The number of likely N-dealkylation sites (tertiary alicyclic amines) is 1. The van der Waals surface area contributed by atoms with Crippen molar-refractivity contribution in [1.29, 1.82) is 0 Å². The van der Waals surface area contributed by atoms with Gasteiger partial charge in [0.2, 0.25) is 11.8 Å². The SMILES string of the molecule is NC(=O)C1CCCN(C(=O)CN2CCN(C(=O)c3cccc(Cl)c3)CC2)C1. The van der Waals surface area contributed by atoms with Crippen molar-refractivity contribution >= 4 is 29.3 Å². The molecule has 1 aromatic carbocycles. The van der Waals surface area contributed by atoms with Gasteiger partial charge in [0, 0.05) is 49.9 Å². The van der Waals surface area contributed by atoms with Gasteiger partial charge in [-0.3, -0.25) is 19.3 Å². The third kappa shape index (κ3) is 4.99. The van der Waals surface area contributed by atoms with Gasteiger partial charge in [-0.25, -0.2) is 0 Å². The number of benzene rings is 1. The molecule has 146 valence electrons. The highest BCUT2D eigenvalue weighted by Gasteiger charge is 2.29. The average molecular weight is 393 g/mol. The summed E-state index contributed by atoms with van der Waals surface area (Å²) in [6.07, 6.45) is 1.56. The van der Waals surface area contributed by atoms with Crippen LogP contribution in [0.4, 0.5) is 0 Å². The fourth-order valence-corrected chi connectivity index (χ4v) is 3.83. The Bertz CT molecular complexity index is 719. The van der Waals surface area contributed by atoms with E-state index in [1.54, 1.807) is 34.1 Å². The van der Waals surface area contributed by atoms with Crippen LogP contribution in [-0.2, 0) is 9.59 Å². The minimum atomic E-state index is -0.333. The molecule has 0 radical (unpaired) electrons. The summed E-state index contributed by atoms with van der Waals surface area (Å²) < 4.78 is 0. The summed E-state index contributed by atoms with van der Waals surface area (Å²) in [7, 11) is 0. The van der Waals surface area contributed by atoms with Gasteiger partial charge in [-0.05, 0) is 31.0 Å². The van der Waals surface area contributed by atoms with Crippen LogP contribution < -0.4 is 5.73 Å². The largest absolute Gasteiger partial charge is 0.369 e. The molecule has 7 nitrogen and oxygen atoms in total. The molecule has 2 aliphatic rings. The number of nitrogens with two attached hydrogens (primary N) is 1. The van der Waals surface area contributed by atoms with Crippen molar-refractivity contribution < 1.29 is 14.4 Å². The van der Waals surface area contributed by atoms with Crippen LogP contribution >= 0.6 is 11.6 Å². The second kappa shape index (κ2) is 8.71. The van der Waals surface area contributed by atoms with E-state index in [0.29, 0.717) is 56.4 Å². The van der Waals surface area contributed by atoms with E-state index in [1.807, 2.05) is 0 Å². The zero-order chi connectivity index (χ0) is 19.4. The molecule has 1 aromatic rings. The topological polar surface area (TPSA) is 86.9 Å². The van der Waals surface area contributed by atoms with Gasteiger partial charge in [0.25, 0.3) is 5.91 Å². The molecule has 3 amide bonds. The van der Waals surface area contributed by atoms with Gasteiger partial charge in [-0.15, -0.1) is 0 Å². The lowest BCUT2D eigenvalue weighted by molar-refractivity contribution is -0.136. The van der Waals surface area contributed by atoms with Crippen molar-refractivity contribution in [3.8, 4) is 0 Å². The normalized spacial score (nSPS) is 21.1. The van der Waals surface area contributed by atoms with Crippen molar-refractivity contribution in [2.75, 3.05) is 45.8 Å². The van der Waals surface area contributed by atoms with Gasteiger partial charge in [0.05, 0.1) is 12.5 Å². The van der Waals surface area contributed by atoms with Crippen molar-refractivity contribution in [2.45, 2.75) is 12.8 Å². The van der Waals surface area contributed by atoms with E-state index < -0.39 is 0 Å². The summed E-state index contributed by atoms with van der Waals surface area (Å²) >= 11 is 5.96. The lowest BCUT2D eigenvalue weighted by Gasteiger charge is -2.37. The quantitative estimate of drug-likeness (QED) is 0.821. The van der Waals surface area contributed by atoms with Crippen molar-refractivity contribution in [3.05, 3.63) is 34.9 Å². The van der Waals surface area contributed by atoms with Crippen molar-refractivity contribution in [2.24, 2.45) is 11.7 Å². The Balaban J connectivity index is 1.48. The summed E-state index contributed by atoms with van der Waals surface area (Å²) in [5.74, 6) is -0.588. The van der Waals surface area contributed by atoms with Crippen LogP contribution in [0, 0.1) is 5.92 Å². The van der Waals surface area contributed by atoms with Crippen molar-refractivity contribution in [1.82, 2.24) is 14.7 Å². The molecule has 0 spiro atoms. The smallest absolute Gasteiger partial charge is 0.253 e. The number of piperazine rings is 1. The maximum Gasteiger partial charge on any atom is 0.253 e. The minimum absolute atomic E-state index is 0.0237. The van der Waals surface area contributed by atoms with Crippen LogP contribution in [0.25, 0.3) is 0 Å². The summed E-state index contributed by atoms with van der Waals surface area (Å²) in [5.41, 5.74) is 5.96. The van der Waals surface area contributed by atoms with Crippen LogP contribution in [0.15, 0.2) is 24.3 Å². The van der Waals surface area contributed by atoms with E-state index >= 15 is 0 Å². The van der Waals surface area contributed by atoms with E-state index in [0.717, 1.165) is 12.8 Å². The zero-order valence-electron chi connectivity index (χ0n) is 15.3. The fourth-order valence-electron chi connectivity index (χ4n) is 3.64. The highest BCUT2D eigenvalue weighted by molar-refractivity contribution is 6.30. The monoisotopic (exact) mass is 392 g/mol. The van der Waals surface area contributed by atoms with E-state index in [9.17, 15) is 14.4 Å². The molecular formula is C19H25ClN4O3. The Kier molecular flexibility index (Phi) is 6.34. The Morgan fingerprint density at radius 3 is 2.48 bits per heavy atom. The molecule has 0 saturated carbocycles. The van der Waals surface area contributed by atoms with E-state index in [2.05, 4.69) is 4.90 Å². The van der Waals surface area contributed by atoms with Crippen LogP contribution in [0.3, 0.4) is 0 Å². The Morgan fingerprint density at radius 1 is 1.07 bits per heavy atom. The molecule has 2 N–H and O–H groups in total. The number of carbonyl (C=O) groups is 3. The van der Waals surface area contributed by atoms with Crippen LogP contribution in [0.5, 0.6) is 0 Å².